The van der Waals surface area contributed by atoms with E-state index in [1.807, 2.05) is 0 Å². The van der Waals surface area contributed by atoms with E-state index >= 15 is 0 Å². The van der Waals surface area contributed by atoms with Gasteiger partial charge in [-0.15, -0.1) is 0 Å². The van der Waals surface area contributed by atoms with Crippen LogP contribution < -0.4 is 0 Å². The van der Waals surface area contributed by atoms with E-state index in [0.717, 1.165) is 11.7 Å². The van der Waals surface area contributed by atoms with Gasteiger partial charge in [0, 0.05) is 16.8 Å². The Bertz CT molecular complexity index is 173. The Balaban J connectivity index is 4.56. The normalized spacial score (nSPS) is 14.1. The summed E-state index contributed by atoms with van der Waals surface area (Å²) in [5.74, 6) is 1.63. The molecular weight excluding hydrogens is 190 g/mol. The van der Waals surface area contributed by atoms with Crippen LogP contribution in [0.25, 0.3) is 0 Å². The summed E-state index contributed by atoms with van der Waals surface area (Å²) >= 11 is 4.42. The van der Waals surface area contributed by atoms with Crippen molar-refractivity contribution in [3.05, 3.63) is 0 Å². The maximum atomic E-state index is 4.42. The molecule has 0 amide bonds. The molecule has 0 fully saturated rings. The molecule has 0 N–H and O–H groups in total. The van der Waals surface area contributed by atoms with Gasteiger partial charge in [0.1, 0.15) is 0 Å². The van der Waals surface area contributed by atoms with Gasteiger partial charge in [-0.25, -0.2) is 0 Å². The summed E-state index contributed by atoms with van der Waals surface area (Å²) in [7, 11) is 2.21. The number of thiol groups is 1. The van der Waals surface area contributed by atoms with Crippen molar-refractivity contribution in [2.45, 2.75) is 59.0 Å². The molecule has 0 aliphatic heterocycles. The maximum absolute atomic E-state index is 4.42. The number of hydrogen-bond acceptors (Lipinski definition) is 2. The molecule has 0 aromatic heterocycles. The van der Waals surface area contributed by atoms with Crippen LogP contribution in [0.5, 0.6) is 0 Å². The Hall–Kier alpha value is 0.310. The lowest BCUT2D eigenvalue weighted by atomic mass is 9.87. The Kier molecular flexibility index (Phi) is 5.00. The smallest absolute Gasteiger partial charge is 0.0243 e. The summed E-state index contributed by atoms with van der Waals surface area (Å²) in [4.78, 5) is 2.45. The SMILES string of the molecule is CC(C)CC(C)(C)N(C)C(C)(C)CS. The van der Waals surface area contributed by atoms with E-state index < -0.39 is 0 Å². The summed E-state index contributed by atoms with van der Waals surface area (Å²) < 4.78 is 0. The van der Waals surface area contributed by atoms with Crippen LogP contribution in [0.1, 0.15) is 48.0 Å². The first-order valence-electron chi connectivity index (χ1n) is 5.48. The summed E-state index contributed by atoms with van der Waals surface area (Å²) in [6.45, 7) is 13.7. The van der Waals surface area contributed by atoms with Crippen LogP contribution in [0.3, 0.4) is 0 Å². The molecule has 0 bridgehead atoms. The fourth-order valence-corrected chi connectivity index (χ4v) is 2.27. The number of nitrogens with zero attached hydrogens (tertiary/aromatic N) is 1. The van der Waals surface area contributed by atoms with Crippen molar-refractivity contribution in [2.75, 3.05) is 12.8 Å². The van der Waals surface area contributed by atoms with Crippen LogP contribution >= 0.6 is 12.6 Å². The lowest BCUT2D eigenvalue weighted by Crippen LogP contribution is -2.54. The number of rotatable bonds is 5. The molecule has 2 heteroatoms. The molecule has 0 aliphatic rings. The van der Waals surface area contributed by atoms with Gasteiger partial charge in [-0.05, 0) is 47.1 Å². The van der Waals surface area contributed by atoms with E-state index in [0.29, 0.717) is 0 Å². The highest BCUT2D eigenvalue weighted by atomic mass is 32.1. The zero-order chi connectivity index (χ0) is 11.6. The molecule has 14 heavy (non-hydrogen) atoms. The minimum Gasteiger partial charge on any atom is -0.295 e. The topological polar surface area (TPSA) is 3.24 Å². The zero-order valence-corrected chi connectivity index (χ0v) is 11.8. The molecule has 0 unspecified atom stereocenters. The molecule has 0 aromatic rings. The second kappa shape index (κ2) is 4.89. The van der Waals surface area contributed by atoms with Crippen LogP contribution in [0, 0.1) is 5.92 Å². The van der Waals surface area contributed by atoms with Crippen LogP contribution in [-0.4, -0.2) is 28.8 Å². The van der Waals surface area contributed by atoms with Gasteiger partial charge in [0.15, 0.2) is 0 Å². The van der Waals surface area contributed by atoms with Gasteiger partial charge in [0.05, 0.1) is 0 Å². The van der Waals surface area contributed by atoms with Crippen molar-refractivity contribution < 1.29 is 0 Å². The first kappa shape index (κ1) is 14.3. The van der Waals surface area contributed by atoms with E-state index in [4.69, 9.17) is 0 Å². The molecule has 0 saturated carbocycles. The average molecular weight is 217 g/mol. The average Bonchev–Trinajstić information content (AvgIpc) is 2.00. The van der Waals surface area contributed by atoms with Crippen molar-refractivity contribution in [3.8, 4) is 0 Å². The molecule has 0 aliphatic carbocycles. The van der Waals surface area contributed by atoms with Crippen molar-refractivity contribution in [3.63, 3.8) is 0 Å². The van der Waals surface area contributed by atoms with Gasteiger partial charge in [-0.2, -0.15) is 12.6 Å². The summed E-state index contributed by atoms with van der Waals surface area (Å²) in [6, 6.07) is 0. The highest BCUT2D eigenvalue weighted by molar-refractivity contribution is 7.80. The van der Waals surface area contributed by atoms with Crippen LogP contribution in [0.15, 0.2) is 0 Å². The summed E-state index contributed by atoms with van der Waals surface area (Å²) in [5, 5.41) is 0. The van der Waals surface area contributed by atoms with E-state index in [1.54, 1.807) is 0 Å². The van der Waals surface area contributed by atoms with E-state index in [1.165, 1.54) is 6.42 Å². The largest absolute Gasteiger partial charge is 0.295 e. The molecule has 0 rings (SSSR count). The van der Waals surface area contributed by atoms with Gasteiger partial charge in [0.25, 0.3) is 0 Å². The summed E-state index contributed by atoms with van der Waals surface area (Å²) in [6.07, 6.45) is 1.22. The van der Waals surface area contributed by atoms with Gasteiger partial charge in [0.2, 0.25) is 0 Å². The Labute approximate surface area is 95.7 Å². The second-order valence-corrected chi connectivity index (χ2v) is 6.26. The number of hydrogen-bond donors (Lipinski definition) is 1. The van der Waals surface area contributed by atoms with Crippen LogP contribution in [0.2, 0.25) is 0 Å². The third-order valence-electron chi connectivity index (χ3n) is 3.11. The Morgan fingerprint density at radius 3 is 1.79 bits per heavy atom. The van der Waals surface area contributed by atoms with Crippen LogP contribution in [0.4, 0.5) is 0 Å². The fraction of sp³-hybridized carbons (Fsp3) is 1.00. The quantitative estimate of drug-likeness (QED) is 0.690. The standard InChI is InChI=1S/C12H27NS/c1-10(2)8-11(3,4)13(7)12(5,6)9-14/h10,14H,8-9H2,1-7H3. The van der Waals surface area contributed by atoms with E-state index in [-0.39, 0.29) is 11.1 Å². The van der Waals surface area contributed by atoms with Crippen LogP contribution in [-0.2, 0) is 0 Å². The zero-order valence-electron chi connectivity index (χ0n) is 10.9. The predicted molar refractivity (Wildman–Crippen MR) is 69.2 cm³/mol. The van der Waals surface area contributed by atoms with Crippen molar-refractivity contribution in [2.24, 2.45) is 5.92 Å². The van der Waals surface area contributed by atoms with Gasteiger partial charge in [-0.3, -0.25) is 4.90 Å². The third kappa shape index (κ3) is 3.82. The van der Waals surface area contributed by atoms with Gasteiger partial charge >= 0.3 is 0 Å². The third-order valence-corrected chi connectivity index (χ3v) is 3.88. The second-order valence-electron chi connectivity index (χ2n) is 5.94. The van der Waals surface area contributed by atoms with Crippen molar-refractivity contribution in [1.82, 2.24) is 4.90 Å². The molecule has 0 heterocycles. The monoisotopic (exact) mass is 217 g/mol. The fourth-order valence-electron chi connectivity index (χ4n) is 2.06. The predicted octanol–water partition coefficient (Wildman–Crippen LogP) is 3.45. The molecule has 86 valence electrons. The molecule has 0 radical (unpaired) electrons. The molecule has 0 saturated heterocycles. The highest BCUT2D eigenvalue weighted by Gasteiger charge is 2.33. The maximum Gasteiger partial charge on any atom is 0.0243 e. The minimum absolute atomic E-state index is 0.168. The van der Waals surface area contributed by atoms with Crippen molar-refractivity contribution >= 4 is 12.6 Å². The van der Waals surface area contributed by atoms with E-state index in [9.17, 15) is 0 Å². The highest BCUT2D eigenvalue weighted by Crippen LogP contribution is 2.29. The van der Waals surface area contributed by atoms with Gasteiger partial charge in [-0.1, -0.05) is 13.8 Å². The Morgan fingerprint density at radius 1 is 1.07 bits per heavy atom. The molecule has 0 aromatic carbocycles. The van der Waals surface area contributed by atoms with Gasteiger partial charge < -0.3 is 0 Å². The van der Waals surface area contributed by atoms with Crippen molar-refractivity contribution in [1.29, 1.82) is 0 Å². The molecule has 0 atom stereocenters. The van der Waals surface area contributed by atoms with E-state index in [2.05, 4.69) is 66.1 Å². The molecular formula is C12H27NS. The molecule has 1 nitrogen and oxygen atoms in total. The first-order valence-corrected chi connectivity index (χ1v) is 6.11. The lowest BCUT2D eigenvalue weighted by Gasteiger charge is -2.46. The Morgan fingerprint density at radius 2 is 1.50 bits per heavy atom. The lowest BCUT2D eigenvalue weighted by molar-refractivity contribution is 0.0450. The first-order chi connectivity index (χ1) is 6.13. The minimum atomic E-state index is 0.168. The molecule has 0 spiro atoms. The summed E-state index contributed by atoms with van der Waals surface area (Å²) in [5.41, 5.74) is 0.419.